The molecule has 0 aliphatic rings. The molecule has 1 heterocycles. The fraction of sp³-hybridized carbons (Fsp3) is 0.0769. The Morgan fingerprint density at radius 1 is 1.00 bits per heavy atom. The molecule has 3 aromatic carbocycles. The van der Waals surface area contributed by atoms with Crippen molar-refractivity contribution in [2.45, 2.75) is 13.2 Å². The van der Waals surface area contributed by atoms with Gasteiger partial charge in [-0.05, 0) is 54.6 Å². The van der Waals surface area contributed by atoms with Crippen molar-refractivity contribution in [3.63, 3.8) is 0 Å². The van der Waals surface area contributed by atoms with Gasteiger partial charge in [-0.3, -0.25) is 4.79 Å². The van der Waals surface area contributed by atoms with Gasteiger partial charge < -0.3 is 21.5 Å². The molecule has 0 atom stereocenters. The maximum Gasteiger partial charge on any atom is 0.251 e. The van der Waals surface area contributed by atoms with E-state index in [9.17, 15) is 14.3 Å². The van der Waals surface area contributed by atoms with Crippen molar-refractivity contribution in [3.05, 3.63) is 101 Å². The molecule has 172 valence electrons. The van der Waals surface area contributed by atoms with Gasteiger partial charge in [0.15, 0.2) is 0 Å². The average Bonchev–Trinajstić information content (AvgIpc) is 2.85. The highest BCUT2D eigenvalue weighted by atomic mass is 35.5. The minimum absolute atomic E-state index is 0.0180. The Morgan fingerprint density at radius 3 is 2.53 bits per heavy atom. The topological polar surface area (TPSA) is 100 Å². The number of amides is 1. The van der Waals surface area contributed by atoms with E-state index in [4.69, 9.17) is 17.3 Å². The van der Waals surface area contributed by atoms with E-state index in [2.05, 4.69) is 15.6 Å². The van der Waals surface area contributed by atoms with Crippen molar-refractivity contribution in [2.75, 3.05) is 11.1 Å². The molecule has 0 saturated carbocycles. The smallest absolute Gasteiger partial charge is 0.251 e. The number of aromatic hydroxyl groups is 1. The van der Waals surface area contributed by atoms with Gasteiger partial charge in [-0.2, -0.15) is 0 Å². The normalized spacial score (nSPS) is 10.6. The van der Waals surface area contributed by atoms with Gasteiger partial charge >= 0.3 is 0 Å². The summed E-state index contributed by atoms with van der Waals surface area (Å²) in [7, 11) is 0. The molecular weight excluding hydrogens is 455 g/mol. The second-order valence-corrected chi connectivity index (χ2v) is 8.02. The molecule has 8 heteroatoms. The van der Waals surface area contributed by atoms with E-state index in [1.807, 2.05) is 6.07 Å². The Bertz CT molecular complexity index is 1330. The Kier molecular flexibility index (Phi) is 6.94. The largest absolute Gasteiger partial charge is 0.507 e. The summed E-state index contributed by atoms with van der Waals surface area (Å²) in [5, 5.41) is 16.8. The number of nitrogens with zero attached hydrogens (tertiary/aromatic N) is 1. The number of nitrogens with two attached hydrogens (primary N) is 1. The number of aromatic nitrogens is 1. The van der Waals surface area contributed by atoms with Gasteiger partial charge in [-0.15, -0.1) is 0 Å². The molecule has 6 nitrogen and oxygen atoms in total. The van der Waals surface area contributed by atoms with E-state index in [0.29, 0.717) is 44.3 Å². The summed E-state index contributed by atoms with van der Waals surface area (Å²) < 4.78 is 13.4. The van der Waals surface area contributed by atoms with Gasteiger partial charge in [0.2, 0.25) is 0 Å². The van der Waals surface area contributed by atoms with Crippen LogP contribution in [0, 0.1) is 0 Å². The highest BCUT2D eigenvalue weighted by Gasteiger charge is 2.12. The number of nitrogens with one attached hydrogen (secondary N) is 2. The highest BCUT2D eigenvalue weighted by Crippen LogP contribution is 2.33. The molecule has 4 rings (SSSR count). The molecule has 0 fully saturated rings. The van der Waals surface area contributed by atoms with Crippen molar-refractivity contribution < 1.29 is 14.3 Å². The molecule has 0 aliphatic heterocycles. The van der Waals surface area contributed by atoms with Crippen molar-refractivity contribution >= 4 is 34.7 Å². The van der Waals surface area contributed by atoms with Crippen LogP contribution < -0.4 is 16.4 Å². The van der Waals surface area contributed by atoms with Gasteiger partial charge in [0.25, 0.3) is 5.91 Å². The van der Waals surface area contributed by atoms with Gasteiger partial charge in [0.05, 0.1) is 5.69 Å². The summed E-state index contributed by atoms with van der Waals surface area (Å²) in [6, 6.07) is 22.2. The summed E-state index contributed by atoms with van der Waals surface area (Å²) in [4.78, 5) is 16.7. The minimum atomic E-state index is -0.672. The number of phenolic OH excluding ortho intramolecular Hbond substituents is 1. The first-order valence-corrected chi connectivity index (χ1v) is 10.9. The number of halogens is 2. The number of nitrogen functional groups attached to an aromatic ring is 1. The van der Waals surface area contributed by atoms with Crippen LogP contribution in [0.4, 0.5) is 21.6 Å². The van der Waals surface area contributed by atoms with E-state index in [1.165, 1.54) is 6.07 Å². The molecule has 0 radical (unpaired) electrons. The van der Waals surface area contributed by atoms with Gasteiger partial charge in [0.1, 0.15) is 18.2 Å². The summed E-state index contributed by atoms with van der Waals surface area (Å²) in [5.74, 6) is 0.0424. The maximum absolute atomic E-state index is 13.4. The Labute approximate surface area is 201 Å². The quantitative estimate of drug-likeness (QED) is 0.251. The monoisotopic (exact) mass is 476 g/mol. The molecule has 5 N–H and O–H groups in total. The van der Waals surface area contributed by atoms with E-state index in [-0.39, 0.29) is 24.0 Å². The number of hydrogen-bond acceptors (Lipinski definition) is 5. The zero-order chi connectivity index (χ0) is 24.1. The first-order valence-electron chi connectivity index (χ1n) is 10.5. The lowest BCUT2D eigenvalue weighted by molar-refractivity contribution is 0.0951. The summed E-state index contributed by atoms with van der Waals surface area (Å²) in [5.41, 5.74) is 9.86. The standard InChI is InChI=1S/C26H22ClFN4O2/c27-19-7-10-22(18(12-19)14-28)31-20-8-11-24(33)21(13-20)23-9-6-17(25(29)32-23)15-30-26(34)16-4-2-1-3-5-16/h1-13,31,33H,14-15H2,(H2,29,32)(H,30,34). The van der Waals surface area contributed by atoms with E-state index in [0.717, 1.165) is 0 Å². The SMILES string of the molecule is Nc1nc(-c2cc(Nc3ccc(Cl)cc3CF)ccc2O)ccc1CNC(=O)c1ccccc1. The van der Waals surface area contributed by atoms with Crippen LogP contribution in [-0.2, 0) is 13.2 Å². The molecule has 0 unspecified atom stereocenters. The molecule has 0 aliphatic carbocycles. The molecular formula is C26H22ClFN4O2. The third kappa shape index (κ3) is 5.27. The molecule has 0 spiro atoms. The number of carbonyl (C=O) groups excluding carboxylic acids is 1. The summed E-state index contributed by atoms with van der Waals surface area (Å²) in [6.45, 7) is -0.461. The van der Waals surface area contributed by atoms with Gasteiger partial charge in [0, 0.05) is 45.2 Å². The number of benzene rings is 3. The molecule has 1 aromatic heterocycles. The number of carbonyl (C=O) groups is 1. The third-order valence-corrected chi connectivity index (χ3v) is 5.49. The van der Waals surface area contributed by atoms with E-state index >= 15 is 0 Å². The number of hydrogen-bond donors (Lipinski definition) is 4. The lowest BCUT2D eigenvalue weighted by atomic mass is 10.1. The fourth-order valence-electron chi connectivity index (χ4n) is 3.44. The van der Waals surface area contributed by atoms with Crippen molar-refractivity contribution in [2.24, 2.45) is 0 Å². The fourth-order valence-corrected chi connectivity index (χ4v) is 3.63. The number of pyridine rings is 1. The number of rotatable bonds is 7. The van der Waals surface area contributed by atoms with Crippen LogP contribution in [0.5, 0.6) is 5.75 Å². The predicted octanol–water partition coefficient (Wildman–Crippen LogP) is 5.83. The third-order valence-electron chi connectivity index (χ3n) is 5.25. The number of alkyl halides is 1. The highest BCUT2D eigenvalue weighted by molar-refractivity contribution is 6.30. The minimum Gasteiger partial charge on any atom is -0.507 e. The Balaban J connectivity index is 1.53. The summed E-state index contributed by atoms with van der Waals surface area (Å²) in [6.07, 6.45) is 0. The van der Waals surface area contributed by atoms with Crippen molar-refractivity contribution in [3.8, 4) is 17.0 Å². The molecule has 34 heavy (non-hydrogen) atoms. The van der Waals surface area contributed by atoms with Crippen molar-refractivity contribution in [1.82, 2.24) is 10.3 Å². The molecule has 0 saturated heterocycles. The zero-order valence-corrected chi connectivity index (χ0v) is 18.8. The Hall–Kier alpha value is -4.10. The van der Waals surface area contributed by atoms with Crippen molar-refractivity contribution in [1.29, 1.82) is 0 Å². The second kappa shape index (κ2) is 10.2. The van der Waals surface area contributed by atoms with Crippen LogP contribution in [0.2, 0.25) is 5.02 Å². The predicted molar refractivity (Wildman–Crippen MR) is 133 cm³/mol. The van der Waals surface area contributed by atoms with Crippen LogP contribution in [0.1, 0.15) is 21.5 Å². The lowest BCUT2D eigenvalue weighted by Crippen LogP contribution is -2.23. The van der Waals surface area contributed by atoms with Crippen LogP contribution in [0.3, 0.4) is 0 Å². The average molecular weight is 477 g/mol. The van der Waals surface area contributed by atoms with E-state index in [1.54, 1.807) is 66.7 Å². The van der Waals surface area contributed by atoms with Crippen LogP contribution >= 0.6 is 11.6 Å². The molecule has 0 bridgehead atoms. The summed E-state index contributed by atoms with van der Waals surface area (Å²) >= 11 is 5.95. The number of anilines is 3. The Morgan fingerprint density at radius 2 is 1.79 bits per heavy atom. The van der Waals surface area contributed by atoms with Gasteiger partial charge in [-0.1, -0.05) is 35.9 Å². The molecule has 4 aromatic rings. The van der Waals surface area contributed by atoms with Crippen LogP contribution in [0.25, 0.3) is 11.3 Å². The second-order valence-electron chi connectivity index (χ2n) is 7.58. The maximum atomic E-state index is 13.4. The van der Waals surface area contributed by atoms with Crippen LogP contribution in [-0.4, -0.2) is 16.0 Å². The molecule has 1 amide bonds. The number of phenols is 1. The van der Waals surface area contributed by atoms with Crippen LogP contribution in [0.15, 0.2) is 78.9 Å². The zero-order valence-electron chi connectivity index (χ0n) is 18.1. The van der Waals surface area contributed by atoms with E-state index < -0.39 is 6.67 Å². The first kappa shape index (κ1) is 23.1. The lowest BCUT2D eigenvalue weighted by Gasteiger charge is -2.14. The first-order chi connectivity index (χ1) is 16.4. The van der Waals surface area contributed by atoms with Gasteiger partial charge in [-0.25, -0.2) is 9.37 Å².